The Morgan fingerprint density at radius 3 is 2.92 bits per heavy atom. The van der Waals surface area contributed by atoms with Crippen LogP contribution in [0.3, 0.4) is 0 Å². The number of rotatable bonds is 3. The molecule has 0 saturated carbocycles. The molecule has 0 atom stereocenters. The maximum Gasteiger partial charge on any atom is 0.0345 e. The zero-order valence-electron chi connectivity index (χ0n) is 7.49. The average Bonchev–Trinajstić information content (AvgIpc) is 2.58. The van der Waals surface area contributed by atoms with E-state index in [9.17, 15) is 0 Å². The molecule has 13 heavy (non-hydrogen) atoms. The zero-order valence-corrected chi connectivity index (χ0v) is 8.31. The van der Waals surface area contributed by atoms with E-state index in [0.717, 1.165) is 19.4 Å². The van der Waals surface area contributed by atoms with E-state index in [1.54, 1.807) is 0 Å². The molecular formula is C11H13NS. The summed E-state index contributed by atoms with van der Waals surface area (Å²) >= 11 is 1.82. The van der Waals surface area contributed by atoms with Crippen LogP contribution in [0.5, 0.6) is 0 Å². The number of aryl methyl sites for hydroxylation is 1. The summed E-state index contributed by atoms with van der Waals surface area (Å²) in [5.74, 6) is 0. The number of nitrogens with two attached hydrogens (primary N) is 1. The molecule has 2 N–H and O–H groups in total. The smallest absolute Gasteiger partial charge is 0.0345 e. The van der Waals surface area contributed by atoms with Crippen molar-refractivity contribution >= 4 is 21.4 Å². The van der Waals surface area contributed by atoms with Crippen LogP contribution < -0.4 is 5.73 Å². The molecule has 2 heteroatoms. The molecule has 0 unspecified atom stereocenters. The number of benzene rings is 1. The van der Waals surface area contributed by atoms with E-state index in [4.69, 9.17) is 5.73 Å². The van der Waals surface area contributed by atoms with E-state index in [-0.39, 0.29) is 0 Å². The van der Waals surface area contributed by atoms with E-state index >= 15 is 0 Å². The summed E-state index contributed by atoms with van der Waals surface area (Å²) in [6.45, 7) is 0.782. The molecule has 0 aliphatic carbocycles. The Morgan fingerprint density at radius 1 is 1.23 bits per heavy atom. The highest BCUT2D eigenvalue weighted by molar-refractivity contribution is 7.17. The predicted molar refractivity (Wildman–Crippen MR) is 59.2 cm³/mol. The Balaban J connectivity index is 2.35. The van der Waals surface area contributed by atoms with E-state index in [2.05, 4.69) is 29.6 Å². The molecule has 0 aliphatic rings. The lowest BCUT2D eigenvalue weighted by molar-refractivity contribution is 0.839. The van der Waals surface area contributed by atoms with Crippen molar-refractivity contribution in [3.63, 3.8) is 0 Å². The largest absolute Gasteiger partial charge is 0.330 e. The summed E-state index contributed by atoms with van der Waals surface area (Å²) < 4.78 is 1.38. The summed E-state index contributed by atoms with van der Waals surface area (Å²) in [4.78, 5) is 0. The minimum absolute atomic E-state index is 0.782. The number of hydrogen-bond donors (Lipinski definition) is 1. The van der Waals surface area contributed by atoms with Crippen molar-refractivity contribution in [1.29, 1.82) is 0 Å². The highest BCUT2D eigenvalue weighted by atomic mass is 32.1. The summed E-state index contributed by atoms with van der Waals surface area (Å²) in [6.07, 6.45) is 2.20. The van der Waals surface area contributed by atoms with E-state index < -0.39 is 0 Å². The van der Waals surface area contributed by atoms with Gasteiger partial charge in [0, 0.05) is 4.70 Å². The second-order valence-corrected chi connectivity index (χ2v) is 4.06. The summed E-state index contributed by atoms with van der Waals surface area (Å²) in [6, 6.07) is 8.55. The lowest BCUT2D eigenvalue weighted by Crippen LogP contribution is -1.99. The Hall–Kier alpha value is -0.860. The third kappa shape index (κ3) is 1.74. The molecule has 2 aromatic rings. The summed E-state index contributed by atoms with van der Waals surface area (Å²) in [5, 5.41) is 3.65. The zero-order chi connectivity index (χ0) is 9.10. The minimum atomic E-state index is 0.782. The fourth-order valence-corrected chi connectivity index (χ4v) is 2.52. The van der Waals surface area contributed by atoms with Crippen LogP contribution in [0.2, 0.25) is 0 Å². The van der Waals surface area contributed by atoms with Crippen molar-refractivity contribution < 1.29 is 0 Å². The van der Waals surface area contributed by atoms with Gasteiger partial charge in [-0.05, 0) is 41.8 Å². The molecule has 0 radical (unpaired) electrons. The first-order chi connectivity index (χ1) is 6.42. The molecule has 0 saturated heterocycles. The second-order valence-electron chi connectivity index (χ2n) is 3.15. The van der Waals surface area contributed by atoms with Crippen molar-refractivity contribution in [3.05, 3.63) is 35.2 Å². The average molecular weight is 191 g/mol. The van der Waals surface area contributed by atoms with Crippen LogP contribution in [0.4, 0.5) is 0 Å². The lowest BCUT2D eigenvalue weighted by atomic mass is 10.1. The molecule has 0 bridgehead atoms. The summed E-state index contributed by atoms with van der Waals surface area (Å²) in [7, 11) is 0. The van der Waals surface area contributed by atoms with Crippen LogP contribution in [0.25, 0.3) is 10.1 Å². The van der Waals surface area contributed by atoms with Gasteiger partial charge < -0.3 is 5.73 Å². The van der Waals surface area contributed by atoms with Gasteiger partial charge in [-0.25, -0.2) is 0 Å². The standard InChI is InChI=1S/C11H13NS/c12-7-3-4-9-8-13-11-6-2-1-5-10(9)11/h1-2,5-6,8H,3-4,7,12H2. The molecule has 0 fully saturated rings. The van der Waals surface area contributed by atoms with Gasteiger partial charge in [0.15, 0.2) is 0 Å². The van der Waals surface area contributed by atoms with Gasteiger partial charge in [0.25, 0.3) is 0 Å². The Kier molecular flexibility index (Phi) is 2.62. The lowest BCUT2D eigenvalue weighted by Gasteiger charge is -1.96. The van der Waals surface area contributed by atoms with Gasteiger partial charge >= 0.3 is 0 Å². The third-order valence-electron chi connectivity index (χ3n) is 2.21. The first kappa shape index (κ1) is 8.73. The second kappa shape index (κ2) is 3.90. The Bertz CT molecular complexity index is 392. The molecule has 68 valence electrons. The fraction of sp³-hybridized carbons (Fsp3) is 0.273. The van der Waals surface area contributed by atoms with Crippen LogP contribution in [0, 0.1) is 0 Å². The molecule has 2 rings (SSSR count). The maximum atomic E-state index is 5.49. The quantitative estimate of drug-likeness (QED) is 0.793. The normalized spacial score (nSPS) is 10.8. The van der Waals surface area contributed by atoms with Crippen molar-refractivity contribution in [2.75, 3.05) is 6.54 Å². The number of thiophene rings is 1. The van der Waals surface area contributed by atoms with Gasteiger partial charge in [-0.3, -0.25) is 0 Å². The Labute approximate surface area is 82.2 Å². The molecule has 0 spiro atoms. The van der Waals surface area contributed by atoms with E-state index in [1.807, 2.05) is 11.3 Å². The maximum absolute atomic E-state index is 5.49. The predicted octanol–water partition coefficient (Wildman–Crippen LogP) is 2.79. The highest BCUT2D eigenvalue weighted by Gasteiger charge is 2.01. The minimum Gasteiger partial charge on any atom is -0.330 e. The van der Waals surface area contributed by atoms with E-state index in [1.165, 1.54) is 15.6 Å². The van der Waals surface area contributed by atoms with Crippen molar-refractivity contribution in [3.8, 4) is 0 Å². The Morgan fingerprint density at radius 2 is 2.08 bits per heavy atom. The van der Waals surface area contributed by atoms with Crippen molar-refractivity contribution in [1.82, 2.24) is 0 Å². The molecule has 0 amide bonds. The third-order valence-corrected chi connectivity index (χ3v) is 3.22. The van der Waals surface area contributed by atoms with Crippen LogP contribution in [0.15, 0.2) is 29.6 Å². The van der Waals surface area contributed by atoms with Gasteiger partial charge in [-0.2, -0.15) is 0 Å². The van der Waals surface area contributed by atoms with Crippen LogP contribution in [-0.2, 0) is 6.42 Å². The van der Waals surface area contributed by atoms with Gasteiger partial charge in [0.05, 0.1) is 0 Å². The van der Waals surface area contributed by atoms with Crippen LogP contribution in [0.1, 0.15) is 12.0 Å². The fourth-order valence-electron chi connectivity index (χ4n) is 1.52. The molecule has 1 aromatic heterocycles. The topological polar surface area (TPSA) is 26.0 Å². The van der Waals surface area contributed by atoms with Gasteiger partial charge in [-0.15, -0.1) is 11.3 Å². The molecule has 1 heterocycles. The van der Waals surface area contributed by atoms with Crippen molar-refractivity contribution in [2.45, 2.75) is 12.8 Å². The van der Waals surface area contributed by atoms with Gasteiger partial charge in [0.2, 0.25) is 0 Å². The first-order valence-corrected chi connectivity index (χ1v) is 5.45. The van der Waals surface area contributed by atoms with Crippen LogP contribution in [-0.4, -0.2) is 6.54 Å². The van der Waals surface area contributed by atoms with Gasteiger partial charge in [-0.1, -0.05) is 18.2 Å². The molecule has 0 aliphatic heterocycles. The monoisotopic (exact) mass is 191 g/mol. The molecule has 1 aromatic carbocycles. The number of fused-ring (bicyclic) bond motifs is 1. The summed E-state index contributed by atoms with van der Waals surface area (Å²) in [5.41, 5.74) is 6.94. The molecular weight excluding hydrogens is 178 g/mol. The van der Waals surface area contributed by atoms with Crippen molar-refractivity contribution in [2.24, 2.45) is 5.73 Å². The highest BCUT2D eigenvalue weighted by Crippen LogP contribution is 2.26. The van der Waals surface area contributed by atoms with E-state index in [0.29, 0.717) is 0 Å². The van der Waals surface area contributed by atoms with Crippen LogP contribution >= 0.6 is 11.3 Å². The first-order valence-electron chi connectivity index (χ1n) is 4.57. The number of hydrogen-bond acceptors (Lipinski definition) is 2. The van der Waals surface area contributed by atoms with Gasteiger partial charge in [0.1, 0.15) is 0 Å². The molecule has 1 nitrogen and oxygen atoms in total. The SMILES string of the molecule is NCCCc1csc2ccccc12.